The first kappa shape index (κ1) is 17.1. The van der Waals surface area contributed by atoms with Gasteiger partial charge in [-0.25, -0.2) is 0 Å². The van der Waals surface area contributed by atoms with Crippen LogP contribution in [0.15, 0.2) is 35.2 Å². The molecule has 18 heavy (non-hydrogen) atoms. The quantitative estimate of drug-likeness (QED) is 0.620. The summed E-state index contributed by atoms with van der Waals surface area (Å²) in [6.45, 7) is 4.51. The Labute approximate surface area is 111 Å². The summed E-state index contributed by atoms with van der Waals surface area (Å²) in [7, 11) is -4.00. The van der Waals surface area contributed by atoms with E-state index in [2.05, 4.69) is 13.8 Å². The average molecular weight is 272 g/mol. The van der Waals surface area contributed by atoms with E-state index in [1.54, 1.807) is 18.2 Å². The fraction of sp³-hybridized carbons (Fsp3) is 0.571. The maximum atomic E-state index is 10.4. The van der Waals surface area contributed by atoms with Gasteiger partial charge >= 0.3 is 0 Å². The molecule has 0 aliphatic heterocycles. The van der Waals surface area contributed by atoms with Crippen LogP contribution in [0.4, 0.5) is 0 Å². The molecule has 0 unspecified atom stereocenters. The number of hydrogen-bond acceptors (Lipinski definition) is 2. The molecule has 0 aliphatic carbocycles. The van der Waals surface area contributed by atoms with Gasteiger partial charge in [0.15, 0.2) is 0 Å². The summed E-state index contributed by atoms with van der Waals surface area (Å²) in [4.78, 5) is -0.0741. The molecule has 0 spiro atoms. The van der Waals surface area contributed by atoms with Gasteiger partial charge < -0.3 is 0 Å². The standard InChI is InChI=1S/C8H18.C6H6O3S/c1-3-5-7-8-6-4-2;7-10(8,9)6-4-2-1-3-5-6/h3-8H2,1-2H3;1-5H,(H,7,8,9). The fourth-order valence-corrected chi connectivity index (χ4v) is 1.95. The third-order valence-corrected chi connectivity index (χ3v) is 3.37. The van der Waals surface area contributed by atoms with Crippen molar-refractivity contribution in [2.75, 3.05) is 0 Å². The molecule has 0 fully saturated rings. The Morgan fingerprint density at radius 1 is 0.889 bits per heavy atom. The zero-order chi connectivity index (χ0) is 13.9. The minimum Gasteiger partial charge on any atom is -0.282 e. The van der Waals surface area contributed by atoms with Gasteiger partial charge in [-0.05, 0) is 12.1 Å². The molecule has 0 heterocycles. The van der Waals surface area contributed by atoms with Crippen molar-refractivity contribution in [2.45, 2.75) is 57.3 Å². The Balaban J connectivity index is 0.000000331. The predicted molar refractivity (Wildman–Crippen MR) is 75.3 cm³/mol. The molecule has 1 aromatic carbocycles. The van der Waals surface area contributed by atoms with Crippen molar-refractivity contribution < 1.29 is 13.0 Å². The molecule has 0 aromatic heterocycles. The van der Waals surface area contributed by atoms with E-state index in [9.17, 15) is 8.42 Å². The van der Waals surface area contributed by atoms with E-state index >= 15 is 0 Å². The molecule has 0 radical (unpaired) electrons. The van der Waals surface area contributed by atoms with Crippen LogP contribution in [0, 0.1) is 0 Å². The maximum absolute atomic E-state index is 10.4. The first-order chi connectivity index (χ1) is 8.52. The van der Waals surface area contributed by atoms with Crippen molar-refractivity contribution >= 4 is 10.1 Å². The van der Waals surface area contributed by atoms with Crippen LogP contribution in [0.1, 0.15) is 52.4 Å². The van der Waals surface area contributed by atoms with E-state index in [0.717, 1.165) is 0 Å². The molecular formula is C14H24O3S. The molecule has 0 bridgehead atoms. The highest BCUT2D eigenvalue weighted by molar-refractivity contribution is 7.85. The number of rotatable bonds is 6. The lowest BCUT2D eigenvalue weighted by Gasteiger charge is -1.93. The maximum Gasteiger partial charge on any atom is 0.294 e. The van der Waals surface area contributed by atoms with E-state index in [-0.39, 0.29) is 4.90 Å². The van der Waals surface area contributed by atoms with Gasteiger partial charge in [0, 0.05) is 0 Å². The zero-order valence-corrected chi connectivity index (χ0v) is 12.1. The molecular weight excluding hydrogens is 248 g/mol. The van der Waals surface area contributed by atoms with Crippen LogP contribution in [0.25, 0.3) is 0 Å². The normalized spacial score (nSPS) is 10.6. The molecule has 1 aromatic rings. The number of hydrogen-bond donors (Lipinski definition) is 1. The summed E-state index contributed by atoms with van der Waals surface area (Å²) in [6.07, 6.45) is 8.49. The van der Waals surface area contributed by atoms with Gasteiger partial charge in [0.1, 0.15) is 0 Å². The number of unbranched alkanes of at least 4 members (excludes halogenated alkanes) is 5. The van der Waals surface area contributed by atoms with E-state index < -0.39 is 10.1 Å². The van der Waals surface area contributed by atoms with Crippen LogP contribution < -0.4 is 0 Å². The summed E-state index contributed by atoms with van der Waals surface area (Å²) in [6, 6.07) is 7.42. The molecule has 0 atom stereocenters. The summed E-state index contributed by atoms with van der Waals surface area (Å²) in [5, 5.41) is 0. The summed E-state index contributed by atoms with van der Waals surface area (Å²) in [5.41, 5.74) is 0. The summed E-state index contributed by atoms with van der Waals surface area (Å²) >= 11 is 0. The fourth-order valence-electron chi connectivity index (χ4n) is 1.45. The smallest absolute Gasteiger partial charge is 0.282 e. The van der Waals surface area contributed by atoms with Crippen LogP contribution in [-0.2, 0) is 10.1 Å². The largest absolute Gasteiger partial charge is 0.294 e. The van der Waals surface area contributed by atoms with Gasteiger partial charge in [-0.1, -0.05) is 70.6 Å². The predicted octanol–water partition coefficient (Wildman–Crippen LogP) is 4.30. The zero-order valence-electron chi connectivity index (χ0n) is 11.3. The Hall–Kier alpha value is -0.870. The second-order valence-corrected chi connectivity index (χ2v) is 5.62. The average Bonchev–Trinajstić information content (AvgIpc) is 2.36. The molecule has 3 nitrogen and oxygen atoms in total. The Kier molecular flexibility index (Phi) is 9.60. The molecule has 0 saturated carbocycles. The molecule has 1 N–H and O–H groups in total. The highest BCUT2D eigenvalue weighted by atomic mass is 32.2. The third kappa shape index (κ3) is 9.19. The second-order valence-electron chi connectivity index (χ2n) is 4.20. The lowest BCUT2D eigenvalue weighted by molar-refractivity contribution is 0.483. The molecule has 0 aliphatic rings. The monoisotopic (exact) mass is 272 g/mol. The van der Waals surface area contributed by atoms with Crippen molar-refractivity contribution in [2.24, 2.45) is 0 Å². The van der Waals surface area contributed by atoms with Gasteiger partial charge in [0.2, 0.25) is 0 Å². The van der Waals surface area contributed by atoms with E-state index in [4.69, 9.17) is 4.55 Å². The lowest BCUT2D eigenvalue weighted by Crippen LogP contribution is -1.96. The first-order valence-electron chi connectivity index (χ1n) is 6.54. The molecule has 0 amide bonds. The van der Waals surface area contributed by atoms with Crippen molar-refractivity contribution in [3.63, 3.8) is 0 Å². The molecule has 104 valence electrons. The topological polar surface area (TPSA) is 54.4 Å². The summed E-state index contributed by atoms with van der Waals surface area (Å²) < 4.78 is 29.2. The Bertz CT molecular complexity index is 379. The first-order valence-corrected chi connectivity index (χ1v) is 7.98. The minimum atomic E-state index is -4.00. The van der Waals surface area contributed by atoms with E-state index in [1.807, 2.05) is 0 Å². The molecule has 0 saturated heterocycles. The van der Waals surface area contributed by atoms with E-state index in [1.165, 1.54) is 50.7 Å². The van der Waals surface area contributed by atoms with Crippen LogP contribution in [0.5, 0.6) is 0 Å². The Morgan fingerprint density at radius 2 is 1.33 bits per heavy atom. The van der Waals surface area contributed by atoms with E-state index in [0.29, 0.717) is 0 Å². The SMILES string of the molecule is CCCCCCCC.O=S(=O)(O)c1ccccc1. The van der Waals surface area contributed by atoms with Gasteiger partial charge in [-0.15, -0.1) is 0 Å². The minimum absolute atomic E-state index is 0.0741. The molecule has 1 rings (SSSR count). The van der Waals surface area contributed by atoms with Gasteiger partial charge in [-0.2, -0.15) is 8.42 Å². The second kappa shape index (κ2) is 10.1. The highest BCUT2D eigenvalue weighted by Gasteiger charge is 2.05. The summed E-state index contributed by atoms with van der Waals surface area (Å²) in [5.74, 6) is 0. The van der Waals surface area contributed by atoms with Crippen LogP contribution >= 0.6 is 0 Å². The van der Waals surface area contributed by atoms with Crippen LogP contribution in [-0.4, -0.2) is 13.0 Å². The van der Waals surface area contributed by atoms with Crippen molar-refractivity contribution in [3.8, 4) is 0 Å². The van der Waals surface area contributed by atoms with Gasteiger partial charge in [-0.3, -0.25) is 4.55 Å². The highest BCUT2D eigenvalue weighted by Crippen LogP contribution is 2.05. The van der Waals surface area contributed by atoms with Gasteiger partial charge in [0.05, 0.1) is 4.90 Å². The van der Waals surface area contributed by atoms with Crippen LogP contribution in [0.3, 0.4) is 0 Å². The number of benzene rings is 1. The van der Waals surface area contributed by atoms with Crippen molar-refractivity contribution in [1.82, 2.24) is 0 Å². The van der Waals surface area contributed by atoms with Crippen LogP contribution in [0.2, 0.25) is 0 Å². The Morgan fingerprint density at radius 3 is 1.61 bits per heavy atom. The lowest BCUT2D eigenvalue weighted by atomic mass is 10.1. The van der Waals surface area contributed by atoms with Crippen molar-refractivity contribution in [3.05, 3.63) is 30.3 Å². The molecule has 4 heteroatoms. The van der Waals surface area contributed by atoms with Crippen molar-refractivity contribution in [1.29, 1.82) is 0 Å². The third-order valence-electron chi connectivity index (χ3n) is 2.50. The van der Waals surface area contributed by atoms with Gasteiger partial charge in [0.25, 0.3) is 10.1 Å².